The van der Waals surface area contributed by atoms with Gasteiger partial charge in [0.25, 0.3) is 5.91 Å². The lowest BCUT2D eigenvalue weighted by atomic mass is 10.1. The second-order valence-corrected chi connectivity index (χ2v) is 15.3. The van der Waals surface area contributed by atoms with Crippen molar-refractivity contribution in [1.82, 2.24) is 5.32 Å². The fraction of sp³-hybridized carbons (Fsp3) is 0.364. The lowest BCUT2D eigenvalue weighted by Crippen LogP contribution is -2.40. The summed E-state index contributed by atoms with van der Waals surface area (Å²) in [4.78, 5) is 25.2. The second kappa shape index (κ2) is 11.4. The van der Waals surface area contributed by atoms with E-state index in [-0.39, 0.29) is 5.69 Å². The smallest absolute Gasteiger partial charge is 0.251 e. The third-order valence-corrected chi connectivity index (χ3v) is 7.94. The van der Waals surface area contributed by atoms with Gasteiger partial charge in [-0.2, -0.15) is 0 Å². The number of alkyl halides is 2. The van der Waals surface area contributed by atoms with Crippen molar-refractivity contribution in [2.75, 3.05) is 12.4 Å². The van der Waals surface area contributed by atoms with Gasteiger partial charge in [-0.1, -0.05) is 50.0 Å². The molecule has 0 radical (unpaired) electrons. The Labute approximate surface area is 189 Å². The molecule has 2 aromatic carbocycles. The highest BCUT2D eigenvalue weighted by Gasteiger charge is 2.25. The lowest BCUT2D eigenvalue weighted by Gasteiger charge is -2.21. The van der Waals surface area contributed by atoms with Crippen LogP contribution in [0.2, 0.25) is 19.6 Å². The standard InChI is InChI=1S/C22H29F3N2O3Si2/c1-30-31-16-8-5-14(6-9-16)21(27-20(28)12-11-19(24)25)22(29)26-15-7-10-18(17(23)13-15)32(2,3)4/h5-10,13,19,21H,11-12,31H2,1-4H3,(H,26,29)(H,27,28)/t21-/m1/s1. The first kappa shape index (κ1) is 25.8. The van der Waals surface area contributed by atoms with Crippen molar-refractivity contribution in [2.24, 2.45) is 0 Å². The number of carbonyl (C=O) groups is 2. The Kier molecular flexibility index (Phi) is 9.23. The predicted molar refractivity (Wildman–Crippen MR) is 126 cm³/mol. The molecule has 174 valence electrons. The van der Waals surface area contributed by atoms with E-state index in [4.69, 9.17) is 4.43 Å². The van der Waals surface area contributed by atoms with E-state index in [1.54, 1.807) is 43.5 Å². The van der Waals surface area contributed by atoms with Crippen LogP contribution in [0.1, 0.15) is 24.4 Å². The molecule has 2 rings (SSSR count). The van der Waals surface area contributed by atoms with Crippen molar-refractivity contribution < 1.29 is 27.2 Å². The molecule has 0 saturated carbocycles. The first-order valence-corrected chi connectivity index (χ1v) is 15.1. The minimum absolute atomic E-state index is 0.254. The maximum atomic E-state index is 14.6. The van der Waals surface area contributed by atoms with Crippen LogP contribution < -0.4 is 21.0 Å². The minimum Gasteiger partial charge on any atom is -0.422 e. The molecule has 32 heavy (non-hydrogen) atoms. The molecule has 0 aliphatic heterocycles. The van der Waals surface area contributed by atoms with Gasteiger partial charge in [0.2, 0.25) is 12.3 Å². The van der Waals surface area contributed by atoms with E-state index in [2.05, 4.69) is 10.6 Å². The molecule has 0 aromatic heterocycles. The number of hydrogen-bond acceptors (Lipinski definition) is 3. The molecule has 0 unspecified atom stereocenters. The van der Waals surface area contributed by atoms with Crippen LogP contribution in [-0.4, -0.2) is 43.2 Å². The Morgan fingerprint density at radius 3 is 2.28 bits per heavy atom. The number of anilines is 1. The second-order valence-electron chi connectivity index (χ2n) is 8.54. The highest BCUT2D eigenvalue weighted by Crippen LogP contribution is 2.18. The summed E-state index contributed by atoms with van der Waals surface area (Å²) in [5, 5.41) is 6.79. The van der Waals surface area contributed by atoms with Crippen molar-refractivity contribution in [3.8, 4) is 0 Å². The molecule has 0 spiro atoms. The zero-order valence-corrected chi connectivity index (χ0v) is 21.1. The summed E-state index contributed by atoms with van der Waals surface area (Å²) in [5.74, 6) is -1.65. The van der Waals surface area contributed by atoms with Gasteiger partial charge in [-0.15, -0.1) is 0 Å². The molecule has 2 N–H and O–H groups in total. The van der Waals surface area contributed by atoms with Gasteiger partial charge in [-0.05, 0) is 28.1 Å². The summed E-state index contributed by atoms with van der Waals surface area (Å²) in [6.07, 6.45) is -3.61. The maximum absolute atomic E-state index is 14.6. The van der Waals surface area contributed by atoms with Crippen LogP contribution in [0, 0.1) is 5.82 Å². The van der Waals surface area contributed by atoms with Gasteiger partial charge < -0.3 is 15.1 Å². The van der Waals surface area contributed by atoms with Crippen LogP contribution in [0.25, 0.3) is 0 Å². The highest BCUT2D eigenvalue weighted by atomic mass is 28.3. The fourth-order valence-corrected chi connectivity index (χ4v) is 5.30. The molecule has 0 bridgehead atoms. The third-order valence-electron chi connectivity index (χ3n) is 4.83. The summed E-state index contributed by atoms with van der Waals surface area (Å²) in [5.41, 5.74) is 0.741. The van der Waals surface area contributed by atoms with Gasteiger partial charge in [-0.25, -0.2) is 13.2 Å². The molecule has 10 heteroatoms. The average molecular weight is 483 g/mol. The number of rotatable bonds is 10. The van der Waals surface area contributed by atoms with Crippen molar-refractivity contribution in [3.05, 3.63) is 53.8 Å². The summed E-state index contributed by atoms with van der Waals surface area (Å²) in [6.45, 7) is 6.06. The predicted octanol–water partition coefficient (Wildman–Crippen LogP) is 2.57. The van der Waals surface area contributed by atoms with E-state index in [9.17, 15) is 22.8 Å². The quantitative estimate of drug-likeness (QED) is 0.512. The number of amides is 2. The first-order chi connectivity index (χ1) is 15.0. The Bertz CT molecular complexity index is 935. The first-order valence-electron chi connectivity index (χ1n) is 10.3. The molecule has 0 aliphatic rings. The van der Waals surface area contributed by atoms with Gasteiger partial charge in [0.05, 0.1) is 8.07 Å². The van der Waals surface area contributed by atoms with E-state index in [1.807, 2.05) is 19.6 Å². The molecule has 0 aliphatic carbocycles. The summed E-state index contributed by atoms with van der Waals surface area (Å²) in [7, 11) is -1.14. The van der Waals surface area contributed by atoms with Gasteiger partial charge in [0, 0.05) is 25.6 Å². The molecule has 0 saturated heterocycles. The largest absolute Gasteiger partial charge is 0.422 e. The van der Waals surface area contributed by atoms with Crippen molar-refractivity contribution in [2.45, 2.75) is 44.9 Å². The van der Waals surface area contributed by atoms with E-state index < -0.39 is 60.8 Å². The zero-order valence-electron chi connectivity index (χ0n) is 18.7. The van der Waals surface area contributed by atoms with Gasteiger partial charge in [0.15, 0.2) is 9.76 Å². The fourth-order valence-electron chi connectivity index (χ4n) is 3.16. The van der Waals surface area contributed by atoms with Crippen LogP contribution in [0.5, 0.6) is 0 Å². The van der Waals surface area contributed by atoms with Crippen LogP contribution in [0.15, 0.2) is 42.5 Å². The molecule has 2 aromatic rings. The van der Waals surface area contributed by atoms with E-state index in [0.29, 0.717) is 10.8 Å². The Morgan fingerprint density at radius 1 is 1.09 bits per heavy atom. The zero-order chi connectivity index (χ0) is 23.9. The van der Waals surface area contributed by atoms with E-state index in [0.717, 1.165) is 5.19 Å². The van der Waals surface area contributed by atoms with Crippen molar-refractivity contribution in [3.63, 3.8) is 0 Å². The van der Waals surface area contributed by atoms with E-state index >= 15 is 0 Å². The maximum Gasteiger partial charge on any atom is 0.251 e. The SMILES string of the molecule is CO[SiH2]c1ccc([C@@H](NC(=O)CCC(F)F)C(=O)Nc2ccc([Si](C)(C)C)c(F)c2)cc1. The summed E-state index contributed by atoms with van der Waals surface area (Å²) >= 11 is 0. The Balaban J connectivity index is 2.24. The number of halogens is 3. The van der Waals surface area contributed by atoms with Crippen molar-refractivity contribution >= 4 is 45.7 Å². The number of carbonyl (C=O) groups excluding carboxylic acids is 2. The number of nitrogens with one attached hydrogen (secondary N) is 2. The molecular formula is C22H29F3N2O3Si2. The number of benzene rings is 2. The normalized spacial score (nSPS) is 12.9. The molecule has 0 fully saturated rings. The monoisotopic (exact) mass is 482 g/mol. The lowest BCUT2D eigenvalue weighted by molar-refractivity contribution is -0.127. The van der Waals surface area contributed by atoms with E-state index in [1.165, 1.54) is 6.07 Å². The average Bonchev–Trinajstić information content (AvgIpc) is 2.70. The summed E-state index contributed by atoms with van der Waals surface area (Å²) in [6, 6.07) is 10.4. The Morgan fingerprint density at radius 2 is 1.75 bits per heavy atom. The molecule has 5 nitrogen and oxygen atoms in total. The van der Waals surface area contributed by atoms with Crippen molar-refractivity contribution in [1.29, 1.82) is 0 Å². The minimum atomic E-state index is -2.61. The van der Waals surface area contributed by atoms with Crippen LogP contribution in [-0.2, 0) is 14.0 Å². The van der Waals surface area contributed by atoms with Crippen LogP contribution >= 0.6 is 0 Å². The topological polar surface area (TPSA) is 67.4 Å². The Hall–Kier alpha value is -2.44. The van der Waals surface area contributed by atoms with Crippen LogP contribution in [0.4, 0.5) is 18.9 Å². The van der Waals surface area contributed by atoms with Crippen LogP contribution in [0.3, 0.4) is 0 Å². The molecule has 1 atom stereocenters. The van der Waals surface area contributed by atoms with Gasteiger partial charge in [0.1, 0.15) is 11.9 Å². The number of hydrogen-bond donors (Lipinski definition) is 2. The molecule has 0 heterocycles. The molecular weight excluding hydrogens is 453 g/mol. The third kappa shape index (κ3) is 7.61. The highest BCUT2D eigenvalue weighted by molar-refractivity contribution is 6.88. The van der Waals surface area contributed by atoms with Gasteiger partial charge in [-0.3, -0.25) is 9.59 Å². The molecule has 2 amide bonds. The van der Waals surface area contributed by atoms with Gasteiger partial charge >= 0.3 is 0 Å². The summed E-state index contributed by atoms with van der Waals surface area (Å²) < 4.78 is 44.7.